The molecule has 3 aromatic rings. The Bertz CT molecular complexity index is 1150. The van der Waals surface area contributed by atoms with E-state index in [1.807, 2.05) is 36.6 Å². The molecule has 0 bridgehead atoms. The summed E-state index contributed by atoms with van der Waals surface area (Å²) >= 11 is 6.03. The number of nitrogens with two attached hydrogens (primary N) is 1. The van der Waals surface area contributed by atoms with Crippen LogP contribution < -0.4 is 5.14 Å². The Morgan fingerprint density at radius 1 is 1.10 bits per heavy atom. The zero-order chi connectivity index (χ0) is 21.3. The van der Waals surface area contributed by atoms with Crippen molar-refractivity contribution in [1.82, 2.24) is 9.47 Å². The van der Waals surface area contributed by atoms with Crippen molar-refractivity contribution in [3.8, 4) is 16.9 Å². The van der Waals surface area contributed by atoms with Gasteiger partial charge in [-0.25, -0.2) is 13.6 Å². The molecule has 152 valence electrons. The third kappa shape index (κ3) is 4.22. The van der Waals surface area contributed by atoms with Crippen molar-refractivity contribution in [3.63, 3.8) is 0 Å². The van der Waals surface area contributed by atoms with E-state index in [1.54, 1.807) is 36.2 Å². The second kappa shape index (κ2) is 8.02. The predicted octanol–water partition coefficient (Wildman–Crippen LogP) is 3.85. The van der Waals surface area contributed by atoms with Crippen LogP contribution in [0.15, 0.2) is 59.5 Å². The molecule has 0 aliphatic rings. The minimum absolute atomic E-state index is 0.0288. The Kier molecular flexibility index (Phi) is 5.84. The number of rotatable bonds is 5. The van der Waals surface area contributed by atoms with E-state index in [4.69, 9.17) is 16.7 Å². The van der Waals surface area contributed by atoms with E-state index < -0.39 is 10.0 Å². The lowest BCUT2D eigenvalue weighted by atomic mass is 10.1. The minimum Gasteiger partial charge on any atom is -0.342 e. The number of sulfonamides is 1. The van der Waals surface area contributed by atoms with Crippen molar-refractivity contribution in [2.24, 2.45) is 5.14 Å². The second-order valence-corrected chi connectivity index (χ2v) is 8.73. The van der Waals surface area contributed by atoms with Crippen molar-refractivity contribution in [2.45, 2.75) is 18.7 Å². The second-order valence-electron chi connectivity index (χ2n) is 6.73. The fourth-order valence-corrected chi connectivity index (χ4v) is 3.76. The molecule has 0 aliphatic heterocycles. The number of hydrogen-bond acceptors (Lipinski definition) is 3. The number of halogens is 1. The molecule has 3 rings (SSSR count). The summed E-state index contributed by atoms with van der Waals surface area (Å²) in [4.78, 5) is 14.5. The summed E-state index contributed by atoms with van der Waals surface area (Å²) in [5.74, 6) is -0.0832. The van der Waals surface area contributed by atoms with Crippen LogP contribution in [0.5, 0.6) is 0 Å². The zero-order valence-electron chi connectivity index (χ0n) is 16.4. The smallest absolute Gasteiger partial charge is 0.255 e. The summed E-state index contributed by atoms with van der Waals surface area (Å²) in [6, 6.07) is 15.4. The number of carbonyl (C=O) groups excluding carboxylic acids is 1. The van der Waals surface area contributed by atoms with Crippen LogP contribution in [0.1, 0.15) is 23.0 Å². The van der Waals surface area contributed by atoms with Gasteiger partial charge in [0.1, 0.15) is 0 Å². The van der Waals surface area contributed by atoms with E-state index in [1.165, 1.54) is 12.1 Å². The molecule has 2 aromatic carbocycles. The molecule has 2 N–H and O–H groups in total. The topological polar surface area (TPSA) is 85.4 Å². The maximum atomic E-state index is 12.9. The number of benzene rings is 2. The van der Waals surface area contributed by atoms with Crippen molar-refractivity contribution in [3.05, 3.63) is 70.9 Å². The van der Waals surface area contributed by atoms with Crippen molar-refractivity contribution in [1.29, 1.82) is 0 Å². The SMILES string of the molecule is CCN(C)C(=O)c1cc(-c2ccc(Cl)cc2)n(-c2ccc(S(N)(=O)=O)cc2)c1C. The molecular weight excluding hydrogens is 410 g/mol. The van der Waals surface area contributed by atoms with Crippen LogP contribution in [0.3, 0.4) is 0 Å². The summed E-state index contributed by atoms with van der Waals surface area (Å²) < 4.78 is 25.1. The number of amides is 1. The van der Waals surface area contributed by atoms with Gasteiger partial charge in [0, 0.05) is 30.0 Å². The van der Waals surface area contributed by atoms with E-state index in [0.717, 1.165) is 22.6 Å². The fourth-order valence-electron chi connectivity index (χ4n) is 3.12. The Balaban J connectivity index is 2.22. The lowest BCUT2D eigenvalue weighted by Gasteiger charge is -2.15. The quantitative estimate of drug-likeness (QED) is 0.665. The van der Waals surface area contributed by atoms with Gasteiger partial charge in [0.2, 0.25) is 10.0 Å². The van der Waals surface area contributed by atoms with Crippen molar-refractivity contribution < 1.29 is 13.2 Å². The average molecular weight is 432 g/mol. The molecule has 0 unspecified atom stereocenters. The molecule has 1 heterocycles. The lowest BCUT2D eigenvalue weighted by molar-refractivity contribution is 0.0802. The van der Waals surface area contributed by atoms with Gasteiger partial charge in [-0.15, -0.1) is 0 Å². The van der Waals surface area contributed by atoms with Gasteiger partial charge in [-0.05, 0) is 61.9 Å². The van der Waals surface area contributed by atoms with Crippen LogP contribution in [0.4, 0.5) is 0 Å². The Hall–Kier alpha value is -2.61. The molecule has 6 nitrogen and oxygen atoms in total. The van der Waals surface area contributed by atoms with Crippen LogP contribution in [-0.2, 0) is 10.0 Å². The molecule has 0 saturated carbocycles. The van der Waals surface area contributed by atoms with Crippen LogP contribution in [-0.4, -0.2) is 37.4 Å². The molecule has 1 aromatic heterocycles. The fraction of sp³-hybridized carbons (Fsp3) is 0.190. The molecule has 0 aliphatic carbocycles. The van der Waals surface area contributed by atoms with Gasteiger partial charge in [-0.1, -0.05) is 23.7 Å². The Morgan fingerprint density at radius 3 is 2.21 bits per heavy atom. The number of aromatic nitrogens is 1. The molecule has 0 radical (unpaired) electrons. The maximum absolute atomic E-state index is 12.9. The van der Waals surface area contributed by atoms with E-state index in [0.29, 0.717) is 17.1 Å². The van der Waals surface area contributed by atoms with Gasteiger partial charge < -0.3 is 9.47 Å². The minimum atomic E-state index is -3.79. The normalized spacial score (nSPS) is 11.5. The summed E-state index contributed by atoms with van der Waals surface area (Å²) in [6.07, 6.45) is 0. The van der Waals surface area contributed by atoms with E-state index in [-0.39, 0.29) is 10.8 Å². The first kappa shape index (κ1) is 21.1. The Labute approximate surface area is 175 Å². The van der Waals surface area contributed by atoms with Crippen LogP contribution >= 0.6 is 11.6 Å². The standard InChI is InChI=1S/C21H22ClN3O3S/c1-4-24(3)21(26)19-13-20(15-5-7-16(22)8-6-15)25(14(19)2)17-9-11-18(12-10-17)29(23,27)28/h5-13H,4H2,1-3H3,(H2,23,27,28). The maximum Gasteiger partial charge on any atom is 0.255 e. The van der Waals surface area contributed by atoms with Gasteiger partial charge in [-0.3, -0.25) is 4.79 Å². The van der Waals surface area contributed by atoms with Gasteiger partial charge in [0.15, 0.2) is 0 Å². The van der Waals surface area contributed by atoms with Crippen molar-refractivity contribution >= 4 is 27.5 Å². The van der Waals surface area contributed by atoms with Crippen LogP contribution in [0.25, 0.3) is 16.9 Å². The molecular formula is C21H22ClN3O3S. The summed E-state index contributed by atoms with van der Waals surface area (Å²) in [5, 5.41) is 5.82. The predicted molar refractivity (Wildman–Crippen MR) is 115 cm³/mol. The molecule has 0 spiro atoms. The Morgan fingerprint density at radius 2 is 1.69 bits per heavy atom. The third-order valence-corrected chi connectivity index (χ3v) is 6.04. The van der Waals surface area contributed by atoms with Crippen LogP contribution in [0.2, 0.25) is 5.02 Å². The summed E-state index contributed by atoms with van der Waals surface area (Å²) in [7, 11) is -2.03. The summed E-state index contributed by atoms with van der Waals surface area (Å²) in [5.41, 5.74) is 3.73. The van der Waals surface area contributed by atoms with Crippen molar-refractivity contribution in [2.75, 3.05) is 13.6 Å². The average Bonchev–Trinajstić information content (AvgIpc) is 3.03. The molecule has 0 atom stereocenters. The first-order valence-corrected chi connectivity index (χ1v) is 10.9. The zero-order valence-corrected chi connectivity index (χ0v) is 18.0. The highest BCUT2D eigenvalue weighted by atomic mass is 35.5. The molecule has 8 heteroatoms. The lowest BCUT2D eigenvalue weighted by Crippen LogP contribution is -2.26. The number of carbonyl (C=O) groups is 1. The summed E-state index contributed by atoms with van der Waals surface area (Å²) in [6.45, 7) is 4.36. The van der Waals surface area contributed by atoms with Gasteiger partial charge in [0.05, 0.1) is 16.2 Å². The number of primary sulfonamides is 1. The van der Waals surface area contributed by atoms with Gasteiger partial charge in [0.25, 0.3) is 5.91 Å². The highest BCUT2D eigenvalue weighted by molar-refractivity contribution is 7.89. The van der Waals surface area contributed by atoms with Crippen LogP contribution in [0, 0.1) is 6.92 Å². The van der Waals surface area contributed by atoms with E-state index >= 15 is 0 Å². The van der Waals surface area contributed by atoms with Gasteiger partial charge in [-0.2, -0.15) is 0 Å². The molecule has 0 saturated heterocycles. The highest BCUT2D eigenvalue weighted by Gasteiger charge is 2.21. The number of hydrogen-bond donors (Lipinski definition) is 1. The molecule has 1 amide bonds. The highest BCUT2D eigenvalue weighted by Crippen LogP contribution is 2.31. The van der Waals surface area contributed by atoms with E-state index in [9.17, 15) is 13.2 Å². The third-order valence-electron chi connectivity index (χ3n) is 4.86. The largest absolute Gasteiger partial charge is 0.342 e. The van der Waals surface area contributed by atoms with E-state index in [2.05, 4.69) is 0 Å². The molecule has 0 fully saturated rings. The first-order valence-electron chi connectivity index (χ1n) is 9.00. The molecule has 29 heavy (non-hydrogen) atoms. The van der Waals surface area contributed by atoms with Gasteiger partial charge >= 0.3 is 0 Å². The number of nitrogens with zero attached hydrogens (tertiary/aromatic N) is 2. The monoisotopic (exact) mass is 431 g/mol. The first-order chi connectivity index (χ1) is 13.6.